The maximum absolute atomic E-state index is 12.5. The normalized spacial score (nSPS) is 14.0. The summed E-state index contributed by atoms with van der Waals surface area (Å²) in [7, 11) is 0. The number of para-hydroxylation sites is 1. The number of benzene rings is 2. The molecule has 0 spiro atoms. The summed E-state index contributed by atoms with van der Waals surface area (Å²) in [6, 6.07) is 16.1. The quantitative estimate of drug-likeness (QED) is 0.906. The Bertz CT molecular complexity index is 727. The Kier molecular flexibility index (Phi) is 5.64. The molecule has 0 radical (unpaired) electrons. The van der Waals surface area contributed by atoms with Crippen molar-refractivity contribution in [1.29, 1.82) is 0 Å². The van der Waals surface area contributed by atoms with E-state index < -0.39 is 0 Å². The van der Waals surface area contributed by atoms with Gasteiger partial charge in [-0.3, -0.25) is 9.59 Å². The molecule has 2 amide bonds. The number of carbonyl (C=O) groups excluding carboxylic acids is 2. The molecule has 2 aromatic rings. The van der Waals surface area contributed by atoms with Crippen LogP contribution in [0.5, 0.6) is 5.75 Å². The second-order valence-corrected chi connectivity index (χ2v) is 5.64. The average Bonchev–Trinajstić information content (AvgIpc) is 2.67. The maximum atomic E-state index is 12.5. The van der Waals surface area contributed by atoms with E-state index in [9.17, 15) is 9.59 Å². The summed E-state index contributed by atoms with van der Waals surface area (Å²) in [5.74, 6) is 0.300. The van der Waals surface area contributed by atoms with Gasteiger partial charge in [-0.15, -0.1) is 0 Å². The summed E-state index contributed by atoms with van der Waals surface area (Å²) < 4.78 is 10.7. The van der Waals surface area contributed by atoms with E-state index in [1.165, 1.54) is 0 Å². The van der Waals surface area contributed by atoms with E-state index in [4.69, 9.17) is 9.47 Å². The molecule has 1 aliphatic heterocycles. The van der Waals surface area contributed by atoms with Crippen LogP contribution in [0.3, 0.4) is 0 Å². The fourth-order valence-electron chi connectivity index (χ4n) is 2.54. The fraction of sp³-hybridized carbons (Fsp3) is 0.263. The van der Waals surface area contributed by atoms with Gasteiger partial charge in [0.2, 0.25) is 0 Å². The van der Waals surface area contributed by atoms with Gasteiger partial charge in [0.05, 0.1) is 13.2 Å². The zero-order valence-electron chi connectivity index (χ0n) is 13.8. The van der Waals surface area contributed by atoms with Gasteiger partial charge in [-0.2, -0.15) is 0 Å². The third kappa shape index (κ3) is 4.81. The van der Waals surface area contributed by atoms with E-state index >= 15 is 0 Å². The number of ether oxygens (including phenoxy) is 2. The molecule has 130 valence electrons. The van der Waals surface area contributed by atoms with E-state index in [-0.39, 0.29) is 18.4 Å². The van der Waals surface area contributed by atoms with Crippen LogP contribution in [0, 0.1) is 0 Å². The summed E-state index contributed by atoms with van der Waals surface area (Å²) in [4.78, 5) is 26.3. The first-order chi connectivity index (χ1) is 12.2. The smallest absolute Gasteiger partial charge is 0.262 e. The molecule has 1 N–H and O–H groups in total. The minimum atomic E-state index is -0.278. The van der Waals surface area contributed by atoms with Crippen LogP contribution in [0.1, 0.15) is 10.4 Å². The van der Waals surface area contributed by atoms with E-state index in [1.54, 1.807) is 41.3 Å². The predicted octanol–water partition coefficient (Wildman–Crippen LogP) is 2.18. The number of nitrogens with one attached hydrogen (secondary N) is 1. The van der Waals surface area contributed by atoms with Gasteiger partial charge in [0, 0.05) is 24.3 Å². The van der Waals surface area contributed by atoms with Gasteiger partial charge in [-0.25, -0.2) is 0 Å². The van der Waals surface area contributed by atoms with Gasteiger partial charge >= 0.3 is 0 Å². The third-order valence-corrected chi connectivity index (χ3v) is 3.80. The molecule has 0 aromatic heterocycles. The second-order valence-electron chi connectivity index (χ2n) is 5.64. The molecule has 3 rings (SSSR count). The van der Waals surface area contributed by atoms with Gasteiger partial charge in [0.1, 0.15) is 5.75 Å². The molecule has 2 aromatic carbocycles. The molecule has 6 nitrogen and oxygen atoms in total. The van der Waals surface area contributed by atoms with Crippen LogP contribution in [-0.4, -0.2) is 49.6 Å². The molecular weight excluding hydrogens is 320 g/mol. The van der Waals surface area contributed by atoms with Crippen LogP contribution in [0.2, 0.25) is 0 Å². The number of nitrogens with zero attached hydrogens (tertiary/aromatic N) is 1. The molecular formula is C19H20N2O4. The fourth-order valence-corrected chi connectivity index (χ4v) is 2.54. The van der Waals surface area contributed by atoms with Gasteiger partial charge in [-0.05, 0) is 30.3 Å². The van der Waals surface area contributed by atoms with Gasteiger partial charge in [-0.1, -0.05) is 24.3 Å². The molecule has 0 bridgehead atoms. The molecule has 0 unspecified atom stereocenters. The summed E-state index contributed by atoms with van der Waals surface area (Å²) in [5, 5.41) is 2.75. The Morgan fingerprint density at radius 3 is 2.56 bits per heavy atom. The van der Waals surface area contributed by atoms with Crippen molar-refractivity contribution in [3.8, 4) is 5.75 Å². The first-order valence-corrected chi connectivity index (χ1v) is 8.17. The highest BCUT2D eigenvalue weighted by molar-refractivity contribution is 5.97. The van der Waals surface area contributed by atoms with Crippen molar-refractivity contribution in [3.05, 3.63) is 60.2 Å². The summed E-state index contributed by atoms with van der Waals surface area (Å²) in [5.41, 5.74) is 1.12. The molecule has 6 heteroatoms. The minimum Gasteiger partial charge on any atom is -0.484 e. The van der Waals surface area contributed by atoms with E-state index in [1.807, 2.05) is 18.2 Å². The Balaban J connectivity index is 1.57. The number of anilines is 1. The van der Waals surface area contributed by atoms with E-state index in [0.29, 0.717) is 43.3 Å². The SMILES string of the molecule is O=C(COc1ccccc1)Nc1cccc(C(=O)N2CCOCC2)c1. The first kappa shape index (κ1) is 17.0. The molecule has 0 atom stereocenters. The summed E-state index contributed by atoms with van der Waals surface area (Å²) >= 11 is 0. The number of amides is 2. The second kappa shape index (κ2) is 8.30. The predicted molar refractivity (Wildman–Crippen MR) is 93.7 cm³/mol. The molecule has 1 saturated heterocycles. The number of carbonyl (C=O) groups is 2. The lowest BCUT2D eigenvalue weighted by Gasteiger charge is -2.27. The minimum absolute atomic E-state index is 0.0556. The Hall–Kier alpha value is -2.86. The number of hydrogen-bond acceptors (Lipinski definition) is 4. The molecule has 1 aliphatic rings. The molecule has 1 fully saturated rings. The van der Waals surface area contributed by atoms with Crippen LogP contribution < -0.4 is 10.1 Å². The summed E-state index contributed by atoms with van der Waals surface area (Å²) in [6.07, 6.45) is 0. The summed E-state index contributed by atoms with van der Waals surface area (Å²) in [6.45, 7) is 2.18. The van der Waals surface area contributed by atoms with Crippen LogP contribution in [0.15, 0.2) is 54.6 Å². The van der Waals surface area contributed by atoms with Crippen LogP contribution >= 0.6 is 0 Å². The van der Waals surface area contributed by atoms with E-state index in [2.05, 4.69) is 5.32 Å². The Morgan fingerprint density at radius 2 is 1.80 bits per heavy atom. The lowest BCUT2D eigenvalue weighted by Crippen LogP contribution is -2.40. The van der Waals surface area contributed by atoms with Crippen molar-refractivity contribution in [2.24, 2.45) is 0 Å². The highest BCUT2D eigenvalue weighted by Crippen LogP contribution is 2.14. The zero-order chi connectivity index (χ0) is 17.5. The lowest BCUT2D eigenvalue weighted by molar-refractivity contribution is -0.118. The van der Waals surface area contributed by atoms with Crippen LogP contribution in [0.25, 0.3) is 0 Å². The van der Waals surface area contributed by atoms with Crippen molar-refractivity contribution < 1.29 is 19.1 Å². The first-order valence-electron chi connectivity index (χ1n) is 8.17. The number of morpholine rings is 1. The topological polar surface area (TPSA) is 67.9 Å². The number of rotatable bonds is 5. The molecule has 25 heavy (non-hydrogen) atoms. The van der Waals surface area contributed by atoms with Crippen molar-refractivity contribution in [2.45, 2.75) is 0 Å². The van der Waals surface area contributed by atoms with E-state index in [0.717, 1.165) is 0 Å². The van der Waals surface area contributed by atoms with Gasteiger partial charge in [0.25, 0.3) is 11.8 Å². The van der Waals surface area contributed by atoms with Crippen molar-refractivity contribution >= 4 is 17.5 Å². The van der Waals surface area contributed by atoms with Crippen LogP contribution in [0.4, 0.5) is 5.69 Å². The Morgan fingerprint density at radius 1 is 1.04 bits per heavy atom. The highest BCUT2D eigenvalue weighted by Gasteiger charge is 2.18. The standard InChI is InChI=1S/C19H20N2O4/c22-18(14-25-17-7-2-1-3-8-17)20-16-6-4-5-15(13-16)19(23)21-9-11-24-12-10-21/h1-8,13H,9-12,14H2,(H,20,22). The molecule has 0 aliphatic carbocycles. The van der Waals surface area contributed by atoms with Crippen molar-refractivity contribution in [2.75, 3.05) is 38.2 Å². The largest absolute Gasteiger partial charge is 0.484 e. The van der Waals surface area contributed by atoms with Gasteiger partial charge < -0.3 is 19.7 Å². The zero-order valence-corrected chi connectivity index (χ0v) is 13.8. The third-order valence-electron chi connectivity index (χ3n) is 3.80. The average molecular weight is 340 g/mol. The molecule has 0 saturated carbocycles. The highest BCUT2D eigenvalue weighted by atomic mass is 16.5. The van der Waals surface area contributed by atoms with Crippen molar-refractivity contribution in [1.82, 2.24) is 4.90 Å². The Labute approximate surface area is 146 Å². The maximum Gasteiger partial charge on any atom is 0.262 e. The monoisotopic (exact) mass is 340 g/mol. The number of hydrogen-bond donors (Lipinski definition) is 1. The molecule has 1 heterocycles. The van der Waals surface area contributed by atoms with Crippen LogP contribution in [-0.2, 0) is 9.53 Å². The van der Waals surface area contributed by atoms with Crippen molar-refractivity contribution in [3.63, 3.8) is 0 Å². The lowest BCUT2D eigenvalue weighted by atomic mass is 10.1. The van der Waals surface area contributed by atoms with Gasteiger partial charge in [0.15, 0.2) is 6.61 Å².